The van der Waals surface area contributed by atoms with Crippen LogP contribution in [0.1, 0.15) is 15.9 Å². The van der Waals surface area contributed by atoms with Crippen molar-refractivity contribution in [1.29, 1.82) is 0 Å². The predicted molar refractivity (Wildman–Crippen MR) is 99.6 cm³/mol. The van der Waals surface area contributed by atoms with Crippen LogP contribution in [0.5, 0.6) is 17.2 Å². The van der Waals surface area contributed by atoms with Crippen molar-refractivity contribution in [2.45, 2.75) is 13.0 Å². The van der Waals surface area contributed by atoms with Crippen molar-refractivity contribution in [3.05, 3.63) is 53.6 Å². The van der Waals surface area contributed by atoms with Gasteiger partial charge in [0.15, 0.2) is 18.1 Å². The fourth-order valence-corrected chi connectivity index (χ4v) is 2.39. The molecule has 0 fully saturated rings. The lowest BCUT2D eigenvalue weighted by molar-refractivity contribution is -0.124. The van der Waals surface area contributed by atoms with E-state index >= 15 is 0 Å². The topological polar surface area (TPSA) is 83.1 Å². The van der Waals surface area contributed by atoms with Gasteiger partial charge in [0.05, 0.1) is 19.8 Å². The molecule has 1 amide bonds. The Bertz CT molecular complexity index is 826. The number of rotatable bonds is 10. The first-order chi connectivity index (χ1) is 13.9. The molecule has 156 valence electrons. The Labute approximate surface area is 166 Å². The monoisotopic (exact) mass is 409 g/mol. The normalized spacial score (nSPS) is 10.4. The van der Waals surface area contributed by atoms with Gasteiger partial charge in [0.25, 0.3) is 5.91 Å². The zero-order valence-corrected chi connectivity index (χ0v) is 15.9. The lowest BCUT2D eigenvalue weighted by Gasteiger charge is -2.11. The highest BCUT2D eigenvalue weighted by molar-refractivity contribution is 5.92. The van der Waals surface area contributed by atoms with Crippen molar-refractivity contribution >= 4 is 11.9 Å². The van der Waals surface area contributed by atoms with Crippen molar-refractivity contribution in [1.82, 2.24) is 5.32 Å². The Morgan fingerprint density at radius 1 is 1.00 bits per heavy atom. The largest absolute Gasteiger partial charge is 0.497 e. The standard InChI is InChI=1S/C20H21F2NO6/c1-26-15-6-3-13(4-7-15)9-10-23-18(24)12-28-19(25)14-5-8-16(29-20(21)22)17(11-14)27-2/h3-8,11,20H,9-10,12H2,1-2H3,(H,23,24). The summed E-state index contributed by atoms with van der Waals surface area (Å²) < 4.78 is 43.9. The lowest BCUT2D eigenvalue weighted by atomic mass is 10.1. The number of hydrogen-bond donors (Lipinski definition) is 1. The molecule has 0 heterocycles. The third kappa shape index (κ3) is 6.95. The molecule has 0 atom stereocenters. The van der Waals surface area contributed by atoms with Crippen LogP contribution in [0, 0.1) is 0 Å². The second-order valence-electron chi connectivity index (χ2n) is 5.77. The Balaban J connectivity index is 1.79. The molecule has 9 heteroatoms. The van der Waals surface area contributed by atoms with Gasteiger partial charge in [-0.15, -0.1) is 0 Å². The van der Waals surface area contributed by atoms with Gasteiger partial charge >= 0.3 is 12.6 Å². The van der Waals surface area contributed by atoms with E-state index in [0.29, 0.717) is 13.0 Å². The van der Waals surface area contributed by atoms with Crippen LogP contribution in [-0.4, -0.2) is 45.9 Å². The van der Waals surface area contributed by atoms with Crippen LogP contribution in [0.3, 0.4) is 0 Å². The third-order valence-electron chi connectivity index (χ3n) is 3.84. The second kappa shape index (κ2) is 10.8. The van der Waals surface area contributed by atoms with Gasteiger partial charge in [-0.25, -0.2) is 4.79 Å². The van der Waals surface area contributed by atoms with Gasteiger partial charge in [-0.2, -0.15) is 8.78 Å². The molecule has 0 aliphatic heterocycles. The number of amides is 1. The minimum atomic E-state index is -3.02. The number of nitrogens with one attached hydrogen (secondary N) is 1. The summed E-state index contributed by atoms with van der Waals surface area (Å²) in [5, 5.41) is 2.64. The van der Waals surface area contributed by atoms with E-state index in [2.05, 4.69) is 10.1 Å². The second-order valence-corrected chi connectivity index (χ2v) is 5.77. The number of ether oxygens (including phenoxy) is 4. The van der Waals surface area contributed by atoms with Gasteiger partial charge in [-0.1, -0.05) is 12.1 Å². The van der Waals surface area contributed by atoms with Crippen molar-refractivity contribution in [3.63, 3.8) is 0 Å². The first-order valence-corrected chi connectivity index (χ1v) is 8.62. The summed E-state index contributed by atoms with van der Waals surface area (Å²) in [6.07, 6.45) is 0.604. The maximum Gasteiger partial charge on any atom is 0.387 e. The average molecular weight is 409 g/mol. The third-order valence-corrected chi connectivity index (χ3v) is 3.84. The molecule has 0 bridgehead atoms. The maximum atomic E-state index is 12.3. The van der Waals surface area contributed by atoms with Gasteiger partial charge < -0.3 is 24.3 Å². The summed E-state index contributed by atoms with van der Waals surface area (Å²) >= 11 is 0. The van der Waals surface area contributed by atoms with E-state index in [9.17, 15) is 18.4 Å². The first kappa shape index (κ1) is 21.9. The molecule has 2 rings (SSSR count). The van der Waals surface area contributed by atoms with Gasteiger partial charge in [0.1, 0.15) is 5.75 Å². The summed E-state index contributed by atoms with van der Waals surface area (Å²) in [5.74, 6) is -0.775. The Morgan fingerprint density at radius 2 is 1.72 bits per heavy atom. The van der Waals surface area contributed by atoms with E-state index in [0.717, 1.165) is 17.4 Å². The Hall–Kier alpha value is -3.36. The molecule has 2 aromatic carbocycles. The molecule has 0 radical (unpaired) electrons. The minimum Gasteiger partial charge on any atom is -0.497 e. The van der Waals surface area contributed by atoms with Crippen LogP contribution in [0.25, 0.3) is 0 Å². The summed E-state index contributed by atoms with van der Waals surface area (Å²) in [6, 6.07) is 11.0. The number of carbonyl (C=O) groups is 2. The highest BCUT2D eigenvalue weighted by Crippen LogP contribution is 2.29. The van der Waals surface area contributed by atoms with E-state index in [1.165, 1.54) is 19.2 Å². The summed E-state index contributed by atoms with van der Waals surface area (Å²) in [6.45, 7) is -3.13. The Morgan fingerprint density at radius 3 is 2.34 bits per heavy atom. The van der Waals surface area contributed by atoms with E-state index in [-0.39, 0.29) is 17.1 Å². The fraction of sp³-hybridized carbons (Fsp3) is 0.300. The molecule has 0 spiro atoms. The summed E-state index contributed by atoms with van der Waals surface area (Å²) in [4.78, 5) is 23.9. The summed E-state index contributed by atoms with van der Waals surface area (Å²) in [7, 11) is 2.83. The molecule has 7 nitrogen and oxygen atoms in total. The number of benzene rings is 2. The van der Waals surface area contributed by atoms with Crippen LogP contribution < -0.4 is 19.5 Å². The van der Waals surface area contributed by atoms with Gasteiger partial charge in [-0.3, -0.25) is 4.79 Å². The minimum absolute atomic E-state index is 0.0366. The zero-order chi connectivity index (χ0) is 21.2. The van der Waals surface area contributed by atoms with E-state index in [1.807, 2.05) is 24.3 Å². The first-order valence-electron chi connectivity index (χ1n) is 8.62. The van der Waals surface area contributed by atoms with Crippen LogP contribution in [0.2, 0.25) is 0 Å². The van der Waals surface area contributed by atoms with Crippen LogP contribution in [0.15, 0.2) is 42.5 Å². The number of carbonyl (C=O) groups excluding carboxylic acids is 2. The van der Waals surface area contributed by atoms with E-state index in [1.54, 1.807) is 7.11 Å². The SMILES string of the molecule is COc1ccc(CCNC(=O)COC(=O)c2ccc(OC(F)F)c(OC)c2)cc1. The highest BCUT2D eigenvalue weighted by Gasteiger charge is 2.16. The summed E-state index contributed by atoms with van der Waals surface area (Å²) in [5.41, 5.74) is 1.05. The molecule has 29 heavy (non-hydrogen) atoms. The molecular weight excluding hydrogens is 388 g/mol. The molecule has 0 saturated carbocycles. The molecule has 0 saturated heterocycles. The van der Waals surface area contributed by atoms with Gasteiger partial charge in [-0.05, 0) is 42.3 Å². The lowest BCUT2D eigenvalue weighted by Crippen LogP contribution is -2.30. The smallest absolute Gasteiger partial charge is 0.387 e. The van der Waals surface area contributed by atoms with Crippen LogP contribution in [-0.2, 0) is 16.0 Å². The Kier molecular flexibility index (Phi) is 8.20. The molecular formula is C20H21F2NO6. The van der Waals surface area contributed by atoms with Gasteiger partial charge in [0, 0.05) is 6.54 Å². The van der Waals surface area contributed by atoms with E-state index in [4.69, 9.17) is 14.2 Å². The number of halogens is 2. The molecule has 1 N–H and O–H groups in total. The average Bonchev–Trinajstić information content (AvgIpc) is 2.72. The van der Waals surface area contributed by atoms with Crippen molar-refractivity contribution in [2.75, 3.05) is 27.4 Å². The number of esters is 1. The number of hydrogen-bond acceptors (Lipinski definition) is 6. The number of methoxy groups -OCH3 is 2. The van der Waals surface area contributed by atoms with Crippen LogP contribution in [0.4, 0.5) is 8.78 Å². The molecule has 0 aliphatic rings. The number of alkyl halides is 2. The fourth-order valence-electron chi connectivity index (χ4n) is 2.39. The van der Waals surface area contributed by atoms with Gasteiger partial charge in [0.2, 0.25) is 0 Å². The predicted octanol–water partition coefficient (Wildman–Crippen LogP) is 2.82. The van der Waals surface area contributed by atoms with Crippen molar-refractivity contribution < 1.29 is 37.3 Å². The highest BCUT2D eigenvalue weighted by atomic mass is 19.3. The molecule has 0 unspecified atom stereocenters. The van der Waals surface area contributed by atoms with Crippen molar-refractivity contribution in [3.8, 4) is 17.2 Å². The zero-order valence-electron chi connectivity index (χ0n) is 15.9. The maximum absolute atomic E-state index is 12.3. The molecule has 0 aromatic heterocycles. The van der Waals surface area contributed by atoms with E-state index < -0.39 is 25.1 Å². The van der Waals surface area contributed by atoms with Crippen molar-refractivity contribution in [2.24, 2.45) is 0 Å². The molecule has 0 aliphatic carbocycles. The quantitative estimate of drug-likeness (QED) is 0.608. The van der Waals surface area contributed by atoms with Crippen LogP contribution >= 0.6 is 0 Å². The molecule has 2 aromatic rings.